The van der Waals surface area contributed by atoms with E-state index in [-0.39, 0.29) is 6.61 Å². The average Bonchev–Trinajstić information content (AvgIpc) is 3.14. The van der Waals surface area contributed by atoms with Gasteiger partial charge in [-0.25, -0.2) is 9.48 Å². The van der Waals surface area contributed by atoms with E-state index in [4.69, 9.17) is 4.74 Å². The highest BCUT2D eigenvalue weighted by Crippen LogP contribution is 2.23. The topological polar surface area (TPSA) is 91.0 Å². The molecule has 2 heterocycles. The lowest BCUT2D eigenvalue weighted by Gasteiger charge is -2.07. The van der Waals surface area contributed by atoms with Gasteiger partial charge in [-0.15, -0.1) is 0 Å². The Balaban J connectivity index is 1.61. The predicted molar refractivity (Wildman–Crippen MR) is 119 cm³/mol. The number of rotatable bonds is 6. The molecule has 0 atom stereocenters. The molecule has 1 N–H and O–H groups in total. The third kappa shape index (κ3) is 4.91. The molecule has 2 aromatic heterocycles. The summed E-state index contributed by atoms with van der Waals surface area (Å²) < 4.78 is 8.60. The van der Waals surface area contributed by atoms with Gasteiger partial charge in [-0.3, -0.25) is 9.48 Å². The summed E-state index contributed by atoms with van der Waals surface area (Å²) in [5.41, 5.74) is 6.77. The first kappa shape index (κ1) is 22.0. The number of nitrogens with zero attached hydrogens (tertiary/aromatic N) is 4. The van der Waals surface area contributed by atoms with Crippen LogP contribution in [0.2, 0.25) is 0 Å². The fourth-order valence-corrected chi connectivity index (χ4v) is 3.30. The number of aromatic nitrogens is 4. The Morgan fingerprint density at radius 1 is 1.00 bits per heavy atom. The Morgan fingerprint density at radius 2 is 1.68 bits per heavy atom. The zero-order valence-electron chi connectivity index (χ0n) is 18.7. The average molecular weight is 422 g/mol. The van der Waals surface area contributed by atoms with Gasteiger partial charge in [0.15, 0.2) is 6.61 Å². The highest BCUT2D eigenvalue weighted by Gasteiger charge is 2.16. The molecule has 3 aromatic rings. The van der Waals surface area contributed by atoms with Gasteiger partial charge in [0.25, 0.3) is 5.91 Å². The van der Waals surface area contributed by atoms with E-state index in [1.165, 1.54) is 6.08 Å². The van der Waals surface area contributed by atoms with Crippen LogP contribution in [0.4, 0.5) is 5.69 Å². The number of esters is 1. The minimum Gasteiger partial charge on any atom is -0.452 e. The van der Waals surface area contributed by atoms with E-state index >= 15 is 0 Å². The zero-order valence-corrected chi connectivity index (χ0v) is 18.7. The second-order valence-electron chi connectivity index (χ2n) is 7.49. The van der Waals surface area contributed by atoms with E-state index in [2.05, 4.69) is 15.5 Å². The van der Waals surface area contributed by atoms with Crippen LogP contribution in [-0.4, -0.2) is 38.0 Å². The van der Waals surface area contributed by atoms with Crippen molar-refractivity contribution < 1.29 is 14.3 Å². The zero-order chi connectivity index (χ0) is 22.7. The highest BCUT2D eigenvalue weighted by atomic mass is 16.5. The SMILES string of the molecule is Cc1ccc(-n2nc(C)c(NC(=O)COC(=O)/C=C/c3c(C)nn(C)c3C)c2C)cc1. The van der Waals surface area contributed by atoms with Crippen molar-refractivity contribution in [2.45, 2.75) is 34.6 Å². The molecule has 8 heteroatoms. The molecule has 0 aliphatic rings. The molecule has 162 valence electrons. The summed E-state index contributed by atoms with van der Waals surface area (Å²) in [5, 5.41) is 11.6. The number of carbonyl (C=O) groups is 2. The van der Waals surface area contributed by atoms with Crippen molar-refractivity contribution in [1.82, 2.24) is 19.6 Å². The standard InChI is InChI=1S/C23H27N5O3/c1-14-7-9-19(10-8-14)28-18(5)23(16(3)26-28)24-21(29)13-31-22(30)12-11-20-15(2)25-27(6)17(20)4/h7-12H,13H2,1-6H3,(H,24,29)/b12-11+. The van der Waals surface area contributed by atoms with E-state index < -0.39 is 11.9 Å². The molecule has 0 fully saturated rings. The van der Waals surface area contributed by atoms with Crippen LogP contribution in [-0.2, 0) is 21.4 Å². The van der Waals surface area contributed by atoms with E-state index in [0.717, 1.165) is 33.9 Å². The second kappa shape index (κ2) is 8.99. The predicted octanol–water partition coefficient (Wildman–Crippen LogP) is 3.34. The lowest BCUT2D eigenvalue weighted by molar-refractivity contribution is -0.142. The first-order valence-electron chi connectivity index (χ1n) is 9.95. The minimum atomic E-state index is -0.596. The number of benzene rings is 1. The number of carbonyl (C=O) groups excluding carboxylic acids is 2. The number of ether oxygens (including phenoxy) is 1. The maximum atomic E-state index is 12.3. The van der Waals surface area contributed by atoms with Crippen molar-refractivity contribution in [2.75, 3.05) is 11.9 Å². The van der Waals surface area contributed by atoms with Crippen LogP contribution in [0.15, 0.2) is 30.3 Å². The number of hydrogen-bond acceptors (Lipinski definition) is 5. The molecule has 0 radical (unpaired) electrons. The van der Waals surface area contributed by atoms with Gasteiger partial charge in [-0.2, -0.15) is 10.2 Å². The lowest BCUT2D eigenvalue weighted by Crippen LogP contribution is -2.20. The van der Waals surface area contributed by atoms with Gasteiger partial charge in [0.1, 0.15) is 0 Å². The van der Waals surface area contributed by atoms with Crippen molar-refractivity contribution in [3.05, 3.63) is 64.2 Å². The summed E-state index contributed by atoms with van der Waals surface area (Å²) >= 11 is 0. The number of nitrogens with one attached hydrogen (secondary N) is 1. The van der Waals surface area contributed by atoms with Crippen LogP contribution in [0, 0.1) is 34.6 Å². The van der Waals surface area contributed by atoms with Gasteiger partial charge in [0, 0.05) is 24.4 Å². The van der Waals surface area contributed by atoms with Crippen LogP contribution in [0.3, 0.4) is 0 Å². The molecular formula is C23H27N5O3. The summed E-state index contributed by atoms with van der Waals surface area (Å²) in [5.74, 6) is -1.02. The summed E-state index contributed by atoms with van der Waals surface area (Å²) in [4.78, 5) is 24.4. The number of anilines is 1. The molecule has 0 aliphatic carbocycles. The largest absolute Gasteiger partial charge is 0.452 e. The summed E-state index contributed by atoms with van der Waals surface area (Å²) in [6.07, 6.45) is 2.95. The Kier molecular flexibility index (Phi) is 6.39. The molecular weight excluding hydrogens is 394 g/mol. The lowest BCUT2D eigenvalue weighted by atomic mass is 10.2. The fraction of sp³-hybridized carbons (Fsp3) is 0.304. The van der Waals surface area contributed by atoms with Crippen molar-refractivity contribution >= 4 is 23.6 Å². The molecule has 0 aliphatic heterocycles. The summed E-state index contributed by atoms with van der Waals surface area (Å²) in [6, 6.07) is 7.96. The molecule has 0 bridgehead atoms. The van der Waals surface area contributed by atoms with E-state index in [1.807, 2.05) is 65.9 Å². The Labute approximate surface area is 181 Å². The first-order chi connectivity index (χ1) is 14.7. The first-order valence-corrected chi connectivity index (χ1v) is 9.95. The van der Waals surface area contributed by atoms with Crippen LogP contribution >= 0.6 is 0 Å². The van der Waals surface area contributed by atoms with Gasteiger partial charge in [0.2, 0.25) is 0 Å². The minimum absolute atomic E-state index is 0.386. The molecule has 1 amide bonds. The Morgan fingerprint density at radius 3 is 2.29 bits per heavy atom. The van der Waals surface area contributed by atoms with Gasteiger partial charge < -0.3 is 10.1 Å². The van der Waals surface area contributed by atoms with Gasteiger partial charge in [-0.1, -0.05) is 17.7 Å². The number of amides is 1. The van der Waals surface area contributed by atoms with Crippen LogP contribution in [0.5, 0.6) is 0 Å². The maximum Gasteiger partial charge on any atom is 0.331 e. The van der Waals surface area contributed by atoms with Crippen LogP contribution < -0.4 is 5.32 Å². The van der Waals surface area contributed by atoms with E-state index in [1.54, 1.807) is 15.4 Å². The summed E-state index contributed by atoms with van der Waals surface area (Å²) in [7, 11) is 1.84. The monoisotopic (exact) mass is 421 g/mol. The molecule has 0 saturated carbocycles. The summed E-state index contributed by atoms with van der Waals surface area (Å²) in [6.45, 7) is 9.12. The van der Waals surface area contributed by atoms with Gasteiger partial charge in [-0.05, 0) is 52.8 Å². The van der Waals surface area contributed by atoms with Crippen molar-refractivity contribution in [1.29, 1.82) is 0 Å². The van der Waals surface area contributed by atoms with Crippen LogP contribution in [0.25, 0.3) is 11.8 Å². The molecule has 3 rings (SSSR count). The normalized spacial score (nSPS) is 11.2. The Hall–Kier alpha value is -3.68. The van der Waals surface area contributed by atoms with E-state index in [9.17, 15) is 9.59 Å². The van der Waals surface area contributed by atoms with Crippen LogP contribution in [0.1, 0.15) is 33.9 Å². The number of aryl methyl sites for hydroxylation is 4. The Bertz CT molecular complexity index is 1150. The molecule has 31 heavy (non-hydrogen) atoms. The van der Waals surface area contributed by atoms with Crippen molar-refractivity contribution in [3.8, 4) is 5.69 Å². The molecule has 0 spiro atoms. The molecule has 8 nitrogen and oxygen atoms in total. The molecule has 1 aromatic carbocycles. The molecule has 0 saturated heterocycles. The third-order valence-corrected chi connectivity index (χ3v) is 5.13. The van der Waals surface area contributed by atoms with Gasteiger partial charge in [0.05, 0.1) is 28.5 Å². The second-order valence-corrected chi connectivity index (χ2v) is 7.49. The van der Waals surface area contributed by atoms with E-state index in [0.29, 0.717) is 11.4 Å². The highest BCUT2D eigenvalue weighted by molar-refractivity contribution is 5.95. The number of hydrogen-bond donors (Lipinski definition) is 1. The van der Waals surface area contributed by atoms with Crippen molar-refractivity contribution in [3.63, 3.8) is 0 Å². The quantitative estimate of drug-likeness (QED) is 0.487. The molecule has 0 unspecified atom stereocenters. The maximum absolute atomic E-state index is 12.3. The fourth-order valence-electron chi connectivity index (χ4n) is 3.30. The van der Waals surface area contributed by atoms with Crippen molar-refractivity contribution in [2.24, 2.45) is 7.05 Å². The third-order valence-electron chi connectivity index (χ3n) is 5.13. The smallest absolute Gasteiger partial charge is 0.331 e. The van der Waals surface area contributed by atoms with Gasteiger partial charge >= 0.3 is 5.97 Å².